The lowest BCUT2D eigenvalue weighted by Gasteiger charge is -2.46. The molecular formula is C23H35FN4O2. The van der Waals surface area contributed by atoms with Gasteiger partial charge in [0.1, 0.15) is 5.82 Å². The van der Waals surface area contributed by atoms with Gasteiger partial charge in [-0.2, -0.15) is 0 Å². The topological polar surface area (TPSA) is 73.0 Å². The first-order valence-corrected chi connectivity index (χ1v) is 11.4. The number of nitrogens with zero attached hydrogens (tertiary/aromatic N) is 3. The third-order valence-electron chi connectivity index (χ3n) is 7.28. The van der Waals surface area contributed by atoms with Crippen LogP contribution in [0.4, 0.5) is 10.1 Å². The quantitative estimate of drug-likeness (QED) is 0.763. The van der Waals surface area contributed by atoms with Crippen molar-refractivity contribution in [2.24, 2.45) is 11.7 Å². The number of rotatable bonds is 5. The van der Waals surface area contributed by atoms with Crippen LogP contribution in [0.2, 0.25) is 0 Å². The van der Waals surface area contributed by atoms with Crippen LogP contribution in [0.3, 0.4) is 0 Å². The number of hydrogen-bond acceptors (Lipinski definition) is 5. The predicted octanol–water partition coefficient (Wildman–Crippen LogP) is 1.82. The summed E-state index contributed by atoms with van der Waals surface area (Å²) in [5, 5.41) is 11.2. The van der Waals surface area contributed by atoms with Crippen molar-refractivity contribution in [1.29, 1.82) is 0 Å². The van der Waals surface area contributed by atoms with Gasteiger partial charge in [-0.25, -0.2) is 4.39 Å². The third kappa shape index (κ3) is 4.95. The molecule has 0 unspecified atom stereocenters. The maximum atomic E-state index is 14.1. The van der Waals surface area contributed by atoms with Gasteiger partial charge in [-0.3, -0.25) is 9.69 Å². The number of anilines is 1. The largest absolute Gasteiger partial charge is 0.388 e. The van der Waals surface area contributed by atoms with E-state index in [1.165, 1.54) is 18.9 Å². The molecule has 0 aromatic heterocycles. The summed E-state index contributed by atoms with van der Waals surface area (Å²) in [6, 6.07) is 7.30. The van der Waals surface area contributed by atoms with E-state index in [9.17, 15) is 14.3 Å². The Hall–Kier alpha value is -1.70. The third-order valence-corrected chi connectivity index (χ3v) is 7.28. The number of aliphatic hydroxyl groups is 1. The van der Waals surface area contributed by atoms with Gasteiger partial charge in [0.25, 0.3) is 0 Å². The summed E-state index contributed by atoms with van der Waals surface area (Å²) < 4.78 is 14.1. The summed E-state index contributed by atoms with van der Waals surface area (Å²) >= 11 is 0. The summed E-state index contributed by atoms with van der Waals surface area (Å²) in [6.07, 6.45) is 5.81. The molecule has 3 aliphatic heterocycles. The van der Waals surface area contributed by atoms with Gasteiger partial charge in [0, 0.05) is 32.2 Å². The second-order valence-corrected chi connectivity index (χ2v) is 9.45. The summed E-state index contributed by atoms with van der Waals surface area (Å²) in [4.78, 5) is 18.2. The molecule has 3 aliphatic rings. The molecule has 0 aliphatic carbocycles. The maximum absolute atomic E-state index is 14.1. The Labute approximate surface area is 178 Å². The highest BCUT2D eigenvalue weighted by Crippen LogP contribution is 2.33. The first-order valence-electron chi connectivity index (χ1n) is 11.4. The number of β-amino-alcohol motifs (C(OH)–C–C–N with tert-alkyl or cyclic N) is 1. The first-order chi connectivity index (χ1) is 14.4. The number of fused-ring (bicyclic) bond motifs is 1. The Kier molecular flexibility index (Phi) is 6.60. The van der Waals surface area contributed by atoms with Crippen molar-refractivity contribution < 1.29 is 14.3 Å². The molecule has 3 heterocycles. The van der Waals surface area contributed by atoms with E-state index in [2.05, 4.69) is 9.80 Å². The van der Waals surface area contributed by atoms with Crippen LogP contribution in [-0.4, -0.2) is 78.3 Å². The number of carbonyl (C=O) groups excluding carboxylic acids is 1. The van der Waals surface area contributed by atoms with Crippen LogP contribution < -0.4 is 10.6 Å². The molecule has 1 aromatic carbocycles. The van der Waals surface area contributed by atoms with Gasteiger partial charge < -0.3 is 20.6 Å². The highest BCUT2D eigenvalue weighted by molar-refractivity contribution is 5.76. The Bertz CT molecular complexity index is 738. The number of benzene rings is 1. The van der Waals surface area contributed by atoms with E-state index in [0.717, 1.165) is 32.5 Å². The van der Waals surface area contributed by atoms with Crippen molar-refractivity contribution in [2.45, 2.75) is 50.2 Å². The highest BCUT2D eigenvalue weighted by atomic mass is 19.1. The monoisotopic (exact) mass is 418 g/mol. The number of carbonyl (C=O) groups is 1. The summed E-state index contributed by atoms with van der Waals surface area (Å²) in [6.45, 7) is 5.25. The average Bonchev–Trinajstić information content (AvgIpc) is 2.90. The Morgan fingerprint density at radius 3 is 2.63 bits per heavy atom. The fraction of sp³-hybridized carbons (Fsp3) is 0.696. The number of primary amides is 1. The molecule has 1 amide bonds. The van der Waals surface area contributed by atoms with Gasteiger partial charge in [-0.1, -0.05) is 18.6 Å². The van der Waals surface area contributed by atoms with E-state index in [0.29, 0.717) is 56.7 Å². The minimum atomic E-state index is -0.716. The predicted molar refractivity (Wildman–Crippen MR) is 116 cm³/mol. The maximum Gasteiger partial charge on any atom is 0.231 e. The van der Waals surface area contributed by atoms with Crippen molar-refractivity contribution in [2.75, 3.05) is 50.7 Å². The Morgan fingerprint density at radius 1 is 1.13 bits per heavy atom. The molecule has 1 aromatic rings. The van der Waals surface area contributed by atoms with E-state index < -0.39 is 5.60 Å². The molecule has 6 nitrogen and oxygen atoms in total. The summed E-state index contributed by atoms with van der Waals surface area (Å²) in [5.74, 6) is 0.0931. The number of nitrogens with two attached hydrogens (primary N) is 1. The van der Waals surface area contributed by atoms with E-state index in [1.807, 2.05) is 17.0 Å². The van der Waals surface area contributed by atoms with Crippen LogP contribution in [0.1, 0.15) is 38.5 Å². The minimum Gasteiger partial charge on any atom is -0.388 e. The van der Waals surface area contributed by atoms with Gasteiger partial charge >= 0.3 is 0 Å². The summed E-state index contributed by atoms with van der Waals surface area (Å²) in [7, 11) is 0. The molecule has 0 spiro atoms. The zero-order chi connectivity index (χ0) is 21.1. The lowest BCUT2D eigenvalue weighted by molar-refractivity contribution is -0.120. The molecule has 3 N–H and O–H groups in total. The number of piperidine rings is 2. The van der Waals surface area contributed by atoms with Crippen LogP contribution in [0.5, 0.6) is 0 Å². The normalized spacial score (nSPS) is 28.0. The fourth-order valence-corrected chi connectivity index (χ4v) is 5.73. The fourth-order valence-electron chi connectivity index (χ4n) is 5.73. The average molecular weight is 419 g/mol. The lowest BCUT2D eigenvalue weighted by atomic mass is 9.85. The molecule has 7 heteroatoms. The lowest BCUT2D eigenvalue weighted by Crippen LogP contribution is -2.56. The molecule has 2 atom stereocenters. The number of hydrogen-bond donors (Lipinski definition) is 2. The van der Waals surface area contributed by atoms with Crippen molar-refractivity contribution in [3.8, 4) is 0 Å². The number of likely N-dealkylation sites (tertiary alicyclic amines) is 2. The zero-order valence-corrected chi connectivity index (χ0v) is 17.8. The SMILES string of the molecule is NC(=O)CN1CCCC[C@H]2CN(CC3(O)CCN(c4ccccc4F)CC3)CC[C@H]21. The smallest absolute Gasteiger partial charge is 0.231 e. The van der Waals surface area contributed by atoms with Gasteiger partial charge in [0.2, 0.25) is 5.91 Å². The molecule has 0 bridgehead atoms. The minimum absolute atomic E-state index is 0.195. The Morgan fingerprint density at radius 2 is 1.90 bits per heavy atom. The van der Waals surface area contributed by atoms with E-state index in [-0.39, 0.29) is 11.7 Å². The molecular weight excluding hydrogens is 383 g/mol. The Balaban J connectivity index is 1.33. The number of para-hydroxylation sites is 1. The molecule has 4 rings (SSSR count). The van der Waals surface area contributed by atoms with Crippen LogP contribution in [0.15, 0.2) is 24.3 Å². The molecule has 0 radical (unpaired) electrons. The van der Waals surface area contributed by atoms with Gasteiger partial charge in [0.15, 0.2) is 0 Å². The molecule has 30 heavy (non-hydrogen) atoms. The molecule has 166 valence electrons. The number of halogens is 1. The second-order valence-electron chi connectivity index (χ2n) is 9.45. The van der Waals surface area contributed by atoms with Crippen LogP contribution in [0.25, 0.3) is 0 Å². The molecule has 0 saturated carbocycles. The van der Waals surface area contributed by atoms with Crippen molar-refractivity contribution in [3.63, 3.8) is 0 Å². The molecule has 3 fully saturated rings. The van der Waals surface area contributed by atoms with Crippen molar-refractivity contribution in [3.05, 3.63) is 30.1 Å². The standard InChI is InChI=1S/C23H35FN4O2/c24-19-6-1-2-7-21(19)27-13-9-23(30,10-14-27)17-26-12-8-20-18(15-26)5-3-4-11-28(20)16-22(25)29/h1-2,6-7,18,20,30H,3-5,8-17H2,(H2,25,29)/t18-,20+/m0/s1. The van der Waals surface area contributed by atoms with Crippen molar-refractivity contribution in [1.82, 2.24) is 9.80 Å². The van der Waals surface area contributed by atoms with Gasteiger partial charge in [-0.15, -0.1) is 0 Å². The van der Waals surface area contributed by atoms with Crippen LogP contribution >= 0.6 is 0 Å². The van der Waals surface area contributed by atoms with Crippen LogP contribution in [0, 0.1) is 11.7 Å². The first kappa shape index (κ1) is 21.5. The van der Waals surface area contributed by atoms with E-state index >= 15 is 0 Å². The summed E-state index contributed by atoms with van der Waals surface area (Å²) in [5.41, 5.74) is 5.39. The number of amides is 1. The highest BCUT2D eigenvalue weighted by Gasteiger charge is 2.39. The van der Waals surface area contributed by atoms with E-state index in [1.54, 1.807) is 6.07 Å². The second kappa shape index (κ2) is 9.20. The van der Waals surface area contributed by atoms with Gasteiger partial charge in [0.05, 0.1) is 17.8 Å². The van der Waals surface area contributed by atoms with E-state index in [4.69, 9.17) is 5.73 Å². The molecule has 3 saturated heterocycles. The van der Waals surface area contributed by atoms with Crippen molar-refractivity contribution >= 4 is 11.6 Å². The van der Waals surface area contributed by atoms with Crippen LogP contribution in [-0.2, 0) is 4.79 Å². The zero-order valence-electron chi connectivity index (χ0n) is 17.8. The van der Waals surface area contributed by atoms with Gasteiger partial charge in [-0.05, 0) is 63.2 Å².